The number of morpholine rings is 1. The van der Waals surface area contributed by atoms with E-state index < -0.39 is 11.5 Å². The maximum atomic E-state index is 11.7. The highest BCUT2D eigenvalue weighted by molar-refractivity contribution is 5.79. The number of carbonyl (C=O) groups is 1. The molecule has 0 bridgehead atoms. The molecule has 2 rings (SSSR count). The van der Waals surface area contributed by atoms with E-state index >= 15 is 0 Å². The predicted octanol–water partition coefficient (Wildman–Crippen LogP) is 1.74. The van der Waals surface area contributed by atoms with E-state index in [1.165, 1.54) is 0 Å². The van der Waals surface area contributed by atoms with Crippen molar-refractivity contribution in [3.05, 3.63) is 0 Å². The molecule has 1 saturated heterocycles. The lowest BCUT2D eigenvalue weighted by atomic mass is 9.75. The van der Waals surface area contributed by atoms with Gasteiger partial charge in [-0.25, -0.2) is 0 Å². The highest BCUT2D eigenvalue weighted by atomic mass is 16.5. The molecule has 1 aliphatic heterocycles. The number of carboxylic acids is 1. The van der Waals surface area contributed by atoms with Crippen LogP contribution in [0.25, 0.3) is 0 Å². The number of ether oxygens (including phenoxy) is 1. The van der Waals surface area contributed by atoms with Crippen molar-refractivity contribution in [2.45, 2.75) is 51.1 Å². The minimum absolute atomic E-state index is 0.216. The largest absolute Gasteiger partial charge is 0.480 e. The zero-order valence-corrected chi connectivity index (χ0v) is 10.8. The molecule has 98 valence electrons. The van der Waals surface area contributed by atoms with Gasteiger partial charge in [0, 0.05) is 12.6 Å². The van der Waals surface area contributed by atoms with Crippen molar-refractivity contribution in [1.29, 1.82) is 0 Å². The maximum Gasteiger partial charge on any atom is 0.324 e. The number of hydrogen-bond acceptors (Lipinski definition) is 3. The highest BCUT2D eigenvalue weighted by Crippen LogP contribution is 2.38. The maximum absolute atomic E-state index is 11.7. The Labute approximate surface area is 103 Å². The Morgan fingerprint density at radius 1 is 1.35 bits per heavy atom. The number of nitrogens with zero attached hydrogens (tertiary/aromatic N) is 1. The van der Waals surface area contributed by atoms with Crippen molar-refractivity contribution in [1.82, 2.24) is 4.90 Å². The highest BCUT2D eigenvalue weighted by Gasteiger charge is 2.48. The van der Waals surface area contributed by atoms with E-state index in [4.69, 9.17) is 4.74 Å². The first-order valence-electron chi connectivity index (χ1n) is 6.64. The summed E-state index contributed by atoms with van der Waals surface area (Å²) in [6.07, 6.45) is 3.62. The summed E-state index contributed by atoms with van der Waals surface area (Å²) >= 11 is 0. The second-order valence-corrected chi connectivity index (χ2v) is 5.64. The summed E-state index contributed by atoms with van der Waals surface area (Å²) in [6, 6.07) is 0.216. The third-order valence-corrected chi connectivity index (χ3v) is 4.42. The lowest BCUT2D eigenvalue weighted by Gasteiger charge is -2.48. The van der Waals surface area contributed by atoms with E-state index in [0.29, 0.717) is 19.1 Å². The van der Waals surface area contributed by atoms with Crippen molar-refractivity contribution in [2.24, 2.45) is 5.92 Å². The lowest BCUT2D eigenvalue weighted by molar-refractivity contribution is -0.163. The topological polar surface area (TPSA) is 49.8 Å². The van der Waals surface area contributed by atoms with E-state index in [1.807, 2.05) is 0 Å². The molecule has 17 heavy (non-hydrogen) atoms. The molecular formula is C13H23NO3. The van der Waals surface area contributed by atoms with Gasteiger partial charge >= 0.3 is 5.97 Å². The molecule has 0 aromatic heterocycles. The summed E-state index contributed by atoms with van der Waals surface area (Å²) in [5.74, 6) is 0.0250. The Kier molecular flexibility index (Phi) is 3.73. The number of hydrogen-bond donors (Lipinski definition) is 1. The standard InChI is InChI=1S/C13H23NO3/c1-10-3-5-13(6-4-10,12(15)16)14-7-8-17-9-11(14)2/h10-11H,3-9H2,1-2H3,(H,15,16). The fraction of sp³-hybridized carbons (Fsp3) is 0.923. The van der Waals surface area contributed by atoms with Gasteiger partial charge in [-0.3, -0.25) is 9.69 Å². The normalized spacial score (nSPS) is 40.1. The Balaban J connectivity index is 2.18. The molecule has 4 heteroatoms. The molecule has 0 aromatic rings. The van der Waals surface area contributed by atoms with Crippen molar-refractivity contribution in [2.75, 3.05) is 19.8 Å². The average molecular weight is 241 g/mol. The molecule has 1 saturated carbocycles. The lowest BCUT2D eigenvalue weighted by Crippen LogP contribution is -2.62. The molecule has 0 spiro atoms. The van der Waals surface area contributed by atoms with Gasteiger partial charge in [0.15, 0.2) is 0 Å². The molecule has 2 fully saturated rings. The second kappa shape index (κ2) is 4.94. The third kappa shape index (κ3) is 2.33. The quantitative estimate of drug-likeness (QED) is 0.800. The summed E-state index contributed by atoms with van der Waals surface area (Å²) in [5.41, 5.74) is -0.629. The van der Waals surface area contributed by atoms with Gasteiger partial charge in [-0.1, -0.05) is 6.92 Å². The average Bonchev–Trinajstić information content (AvgIpc) is 2.31. The van der Waals surface area contributed by atoms with E-state index in [2.05, 4.69) is 18.7 Å². The van der Waals surface area contributed by atoms with Crippen molar-refractivity contribution < 1.29 is 14.6 Å². The Bertz CT molecular complexity index is 284. The van der Waals surface area contributed by atoms with Crippen LogP contribution in [-0.4, -0.2) is 47.3 Å². The van der Waals surface area contributed by atoms with E-state index in [1.54, 1.807) is 0 Å². The fourth-order valence-electron chi connectivity index (χ4n) is 3.23. The van der Waals surface area contributed by atoms with Gasteiger partial charge in [-0.2, -0.15) is 0 Å². The van der Waals surface area contributed by atoms with Crippen LogP contribution in [-0.2, 0) is 9.53 Å². The third-order valence-electron chi connectivity index (χ3n) is 4.42. The van der Waals surface area contributed by atoms with Crippen molar-refractivity contribution >= 4 is 5.97 Å². The fourth-order valence-corrected chi connectivity index (χ4v) is 3.23. The van der Waals surface area contributed by atoms with E-state index in [0.717, 1.165) is 32.2 Å². The molecule has 4 nitrogen and oxygen atoms in total. The van der Waals surface area contributed by atoms with Crippen LogP contribution in [0.4, 0.5) is 0 Å². The summed E-state index contributed by atoms with van der Waals surface area (Å²) in [7, 11) is 0. The van der Waals surface area contributed by atoms with Gasteiger partial charge in [-0.05, 0) is 38.5 Å². The minimum Gasteiger partial charge on any atom is -0.480 e. The van der Waals surface area contributed by atoms with Crippen LogP contribution >= 0.6 is 0 Å². The van der Waals surface area contributed by atoms with Crippen LogP contribution < -0.4 is 0 Å². The van der Waals surface area contributed by atoms with Gasteiger partial charge in [0.1, 0.15) is 5.54 Å². The molecular weight excluding hydrogens is 218 g/mol. The zero-order chi connectivity index (χ0) is 12.5. The van der Waals surface area contributed by atoms with Gasteiger partial charge in [-0.15, -0.1) is 0 Å². The monoisotopic (exact) mass is 241 g/mol. The van der Waals surface area contributed by atoms with E-state index in [9.17, 15) is 9.90 Å². The Hall–Kier alpha value is -0.610. The zero-order valence-electron chi connectivity index (χ0n) is 10.8. The molecule has 1 N–H and O–H groups in total. The minimum atomic E-state index is -0.641. The van der Waals surface area contributed by atoms with E-state index in [-0.39, 0.29) is 6.04 Å². The van der Waals surface area contributed by atoms with Crippen molar-refractivity contribution in [3.8, 4) is 0 Å². The van der Waals surface area contributed by atoms with Crippen LogP contribution in [0.2, 0.25) is 0 Å². The first-order chi connectivity index (χ1) is 8.06. The first kappa shape index (κ1) is 12.8. The van der Waals surface area contributed by atoms with Gasteiger partial charge in [0.05, 0.1) is 13.2 Å². The summed E-state index contributed by atoms with van der Waals surface area (Å²) in [5, 5.41) is 9.66. The number of carboxylic acid groups (broad SMARTS) is 1. The van der Waals surface area contributed by atoms with Gasteiger partial charge < -0.3 is 9.84 Å². The van der Waals surface area contributed by atoms with Crippen LogP contribution in [0.3, 0.4) is 0 Å². The van der Waals surface area contributed by atoms with Crippen molar-refractivity contribution in [3.63, 3.8) is 0 Å². The molecule has 1 atom stereocenters. The van der Waals surface area contributed by atoms with Crippen LogP contribution in [0.5, 0.6) is 0 Å². The van der Waals surface area contributed by atoms with Crippen LogP contribution in [0.15, 0.2) is 0 Å². The number of aliphatic carboxylic acids is 1. The molecule has 1 heterocycles. The van der Waals surface area contributed by atoms with Gasteiger partial charge in [0.2, 0.25) is 0 Å². The molecule has 0 amide bonds. The smallest absolute Gasteiger partial charge is 0.324 e. The molecule has 0 radical (unpaired) electrons. The summed E-state index contributed by atoms with van der Waals surface area (Å²) in [6.45, 7) is 6.36. The van der Waals surface area contributed by atoms with Crippen LogP contribution in [0, 0.1) is 5.92 Å². The summed E-state index contributed by atoms with van der Waals surface area (Å²) in [4.78, 5) is 13.9. The number of rotatable bonds is 2. The van der Waals surface area contributed by atoms with Gasteiger partial charge in [0.25, 0.3) is 0 Å². The second-order valence-electron chi connectivity index (χ2n) is 5.64. The molecule has 1 unspecified atom stereocenters. The Morgan fingerprint density at radius 2 is 2.00 bits per heavy atom. The SMILES string of the molecule is CC1CCC(C(=O)O)(N2CCOCC2C)CC1. The predicted molar refractivity (Wildman–Crippen MR) is 65.0 cm³/mol. The molecule has 0 aromatic carbocycles. The Morgan fingerprint density at radius 3 is 2.53 bits per heavy atom. The first-order valence-corrected chi connectivity index (χ1v) is 6.64. The summed E-state index contributed by atoms with van der Waals surface area (Å²) < 4.78 is 5.41. The molecule has 1 aliphatic carbocycles. The molecule has 2 aliphatic rings. The van der Waals surface area contributed by atoms with Crippen LogP contribution in [0.1, 0.15) is 39.5 Å².